The topological polar surface area (TPSA) is 58.4 Å². The van der Waals surface area contributed by atoms with Crippen molar-refractivity contribution in [3.05, 3.63) is 29.8 Å². The number of carbonyl (C=O) groups is 1. The zero-order valence-electron chi connectivity index (χ0n) is 13.2. The number of anilines is 1. The molecule has 3 N–H and O–H groups in total. The maximum Gasteiger partial charge on any atom is 0.226 e. The summed E-state index contributed by atoms with van der Waals surface area (Å²) in [6.07, 6.45) is 5.86. The first-order valence-electron chi connectivity index (χ1n) is 7.80. The molecule has 0 bridgehead atoms. The summed E-state index contributed by atoms with van der Waals surface area (Å²) in [7, 11) is 4.05. The Morgan fingerprint density at radius 2 is 1.90 bits per heavy atom. The van der Waals surface area contributed by atoms with Gasteiger partial charge in [0.2, 0.25) is 5.91 Å². The summed E-state index contributed by atoms with van der Waals surface area (Å²) < 4.78 is 0. The number of benzene rings is 1. The average Bonchev–Trinajstić information content (AvgIpc) is 2.40. The zero-order chi connectivity index (χ0) is 15.3. The molecule has 0 saturated heterocycles. The van der Waals surface area contributed by atoms with E-state index in [1.54, 1.807) is 0 Å². The second-order valence-electron chi connectivity index (χ2n) is 6.54. The lowest BCUT2D eigenvalue weighted by Gasteiger charge is -2.32. The summed E-state index contributed by atoms with van der Waals surface area (Å²) in [5.74, 6) is 0.0330. The smallest absolute Gasteiger partial charge is 0.226 e. The molecular formula is C17H27N3O. The van der Waals surface area contributed by atoms with Crippen LogP contribution in [0.15, 0.2) is 24.3 Å². The molecule has 1 aromatic carbocycles. The van der Waals surface area contributed by atoms with Crippen molar-refractivity contribution in [1.29, 1.82) is 0 Å². The third-order valence-electron chi connectivity index (χ3n) is 4.14. The quantitative estimate of drug-likeness (QED) is 0.876. The van der Waals surface area contributed by atoms with Crippen LogP contribution < -0.4 is 11.1 Å². The van der Waals surface area contributed by atoms with Crippen LogP contribution in [-0.2, 0) is 11.3 Å². The van der Waals surface area contributed by atoms with Crippen molar-refractivity contribution in [2.24, 2.45) is 5.73 Å². The summed E-state index contributed by atoms with van der Waals surface area (Å²) in [4.78, 5) is 14.4. The molecule has 4 nitrogen and oxygen atoms in total. The first-order valence-corrected chi connectivity index (χ1v) is 7.80. The summed E-state index contributed by atoms with van der Waals surface area (Å²) in [5, 5.41) is 3.04. The van der Waals surface area contributed by atoms with Gasteiger partial charge >= 0.3 is 0 Å². The van der Waals surface area contributed by atoms with Gasteiger partial charge in [-0.1, -0.05) is 37.5 Å². The number of carbonyl (C=O) groups excluding carboxylic acids is 1. The Kier molecular flexibility index (Phi) is 5.37. The molecule has 0 spiro atoms. The van der Waals surface area contributed by atoms with Crippen molar-refractivity contribution >= 4 is 11.6 Å². The Balaban J connectivity index is 1.99. The monoisotopic (exact) mass is 289 g/mol. The van der Waals surface area contributed by atoms with Crippen molar-refractivity contribution in [3.63, 3.8) is 0 Å². The molecule has 0 aliphatic heterocycles. The Morgan fingerprint density at radius 1 is 1.24 bits per heavy atom. The zero-order valence-corrected chi connectivity index (χ0v) is 13.2. The van der Waals surface area contributed by atoms with Crippen LogP contribution in [0.4, 0.5) is 5.69 Å². The molecule has 1 aliphatic carbocycles. The van der Waals surface area contributed by atoms with Crippen molar-refractivity contribution in [2.45, 2.75) is 50.6 Å². The van der Waals surface area contributed by atoms with E-state index >= 15 is 0 Å². The molecule has 1 aliphatic rings. The lowest BCUT2D eigenvalue weighted by atomic mass is 9.80. The summed E-state index contributed by atoms with van der Waals surface area (Å²) in [6, 6.07) is 7.96. The third-order valence-corrected chi connectivity index (χ3v) is 4.14. The van der Waals surface area contributed by atoms with Gasteiger partial charge in [0.1, 0.15) is 0 Å². The van der Waals surface area contributed by atoms with Crippen molar-refractivity contribution < 1.29 is 4.79 Å². The predicted octanol–water partition coefficient (Wildman–Crippen LogP) is 2.74. The second kappa shape index (κ2) is 7.05. The fraction of sp³-hybridized carbons (Fsp3) is 0.588. The SMILES string of the molecule is CN(C)Cc1ccccc1NC(=O)CC1(N)CCCCC1. The van der Waals surface area contributed by atoms with Gasteiger partial charge in [-0.15, -0.1) is 0 Å². The Morgan fingerprint density at radius 3 is 2.57 bits per heavy atom. The van der Waals surface area contributed by atoms with Gasteiger partial charge in [0.15, 0.2) is 0 Å². The van der Waals surface area contributed by atoms with Gasteiger partial charge in [-0.2, -0.15) is 0 Å². The second-order valence-corrected chi connectivity index (χ2v) is 6.54. The number of amides is 1. The summed E-state index contributed by atoms with van der Waals surface area (Å²) >= 11 is 0. The van der Waals surface area contributed by atoms with Gasteiger partial charge in [0.25, 0.3) is 0 Å². The molecule has 2 rings (SSSR count). The maximum absolute atomic E-state index is 12.3. The van der Waals surface area contributed by atoms with Gasteiger partial charge in [0, 0.05) is 24.2 Å². The van der Waals surface area contributed by atoms with E-state index in [0.29, 0.717) is 6.42 Å². The number of nitrogens with one attached hydrogen (secondary N) is 1. The maximum atomic E-state index is 12.3. The number of hydrogen-bond acceptors (Lipinski definition) is 3. The first-order chi connectivity index (χ1) is 9.98. The van der Waals surface area contributed by atoms with E-state index in [4.69, 9.17) is 5.73 Å². The third kappa shape index (κ3) is 4.83. The molecule has 1 saturated carbocycles. The molecule has 0 unspecified atom stereocenters. The number of para-hydroxylation sites is 1. The molecular weight excluding hydrogens is 262 g/mol. The molecule has 21 heavy (non-hydrogen) atoms. The van der Waals surface area contributed by atoms with E-state index in [-0.39, 0.29) is 11.4 Å². The Bertz CT molecular complexity index is 479. The Labute approximate surface area is 127 Å². The first kappa shape index (κ1) is 16.0. The molecule has 1 amide bonds. The van der Waals surface area contributed by atoms with E-state index in [0.717, 1.165) is 43.5 Å². The number of nitrogens with two attached hydrogens (primary N) is 1. The van der Waals surface area contributed by atoms with Gasteiger partial charge in [-0.25, -0.2) is 0 Å². The minimum atomic E-state index is -0.307. The van der Waals surface area contributed by atoms with E-state index in [1.807, 2.05) is 32.3 Å². The molecule has 1 fully saturated rings. The van der Waals surface area contributed by atoms with Crippen LogP contribution in [0, 0.1) is 0 Å². The fourth-order valence-electron chi connectivity index (χ4n) is 3.07. The van der Waals surface area contributed by atoms with Crippen molar-refractivity contribution in [1.82, 2.24) is 4.90 Å². The highest BCUT2D eigenvalue weighted by molar-refractivity contribution is 5.92. The van der Waals surface area contributed by atoms with Crippen LogP contribution in [0.1, 0.15) is 44.1 Å². The molecule has 0 radical (unpaired) electrons. The largest absolute Gasteiger partial charge is 0.326 e. The summed E-state index contributed by atoms with van der Waals surface area (Å²) in [6.45, 7) is 0.810. The number of nitrogens with zero attached hydrogens (tertiary/aromatic N) is 1. The molecule has 116 valence electrons. The van der Waals surface area contributed by atoms with Gasteiger partial charge < -0.3 is 16.0 Å². The van der Waals surface area contributed by atoms with Crippen LogP contribution in [0.5, 0.6) is 0 Å². The highest BCUT2D eigenvalue weighted by atomic mass is 16.1. The van der Waals surface area contributed by atoms with E-state index in [2.05, 4.69) is 16.3 Å². The summed E-state index contributed by atoms with van der Waals surface area (Å²) in [5.41, 5.74) is 8.09. The lowest BCUT2D eigenvalue weighted by Crippen LogP contribution is -2.44. The average molecular weight is 289 g/mol. The van der Waals surface area contributed by atoms with Crippen LogP contribution >= 0.6 is 0 Å². The number of rotatable bonds is 5. The van der Waals surface area contributed by atoms with E-state index in [1.165, 1.54) is 6.42 Å². The molecule has 4 heteroatoms. The van der Waals surface area contributed by atoms with E-state index in [9.17, 15) is 4.79 Å². The van der Waals surface area contributed by atoms with Crippen LogP contribution in [0.3, 0.4) is 0 Å². The van der Waals surface area contributed by atoms with Crippen LogP contribution in [-0.4, -0.2) is 30.4 Å². The molecule has 0 atom stereocenters. The minimum absolute atomic E-state index is 0.0330. The fourth-order valence-corrected chi connectivity index (χ4v) is 3.07. The van der Waals surface area contributed by atoms with Crippen molar-refractivity contribution in [3.8, 4) is 0 Å². The highest BCUT2D eigenvalue weighted by Crippen LogP contribution is 2.29. The predicted molar refractivity (Wildman–Crippen MR) is 87.1 cm³/mol. The Hall–Kier alpha value is -1.39. The van der Waals surface area contributed by atoms with Gasteiger partial charge in [-0.3, -0.25) is 4.79 Å². The molecule has 1 aromatic rings. The van der Waals surface area contributed by atoms with E-state index < -0.39 is 0 Å². The van der Waals surface area contributed by atoms with Gasteiger partial charge in [0.05, 0.1) is 0 Å². The van der Waals surface area contributed by atoms with Crippen molar-refractivity contribution in [2.75, 3.05) is 19.4 Å². The molecule has 0 heterocycles. The lowest BCUT2D eigenvalue weighted by molar-refractivity contribution is -0.117. The normalized spacial score (nSPS) is 17.7. The number of hydrogen-bond donors (Lipinski definition) is 2. The minimum Gasteiger partial charge on any atom is -0.326 e. The molecule has 0 aromatic heterocycles. The standard InChI is InChI=1S/C17H27N3O/c1-20(2)13-14-8-4-5-9-15(14)19-16(21)12-17(18)10-6-3-7-11-17/h4-5,8-9H,3,6-7,10-13,18H2,1-2H3,(H,19,21). The highest BCUT2D eigenvalue weighted by Gasteiger charge is 2.30. The van der Waals surface area contributed by atoms with Crippen LogP contribution in [0.2, 0.25) is 0 Å². The van der Waals surface area contributed by atoms with Gasteiger partial charge in [-0.05, 0) is 38.6 Å². The van der Waals surface area contributed by atoms with Crippen LogP contribution in [0.25, 0.3) is 0 Å².